The Labute approximate surface area is 83.2 Å². The Hall–Kier alpha value is -0.870. The van der Waals surface area contributed by atoms with Crippen molar-refractivity contribution in [3.8, 4) is 0 Å². The van der Waals surface area contributed by atoms with Gasteiger partial charge in [-0.15, -0.1) is 0 Å². The molecule has 0 aromatic heterocycles. The highest BCUT2D eigenvalue weighted by Gasteiger charge is 2.31. The van der Waals surface area contributed by atoms with Gasteiger partial charge in [0, 0.05) is 12.1 Å². The molecule has 2 atom stereocenters. The largest absolute Gasteiger partial charge is 0.393 e. The van der Waals surface area contributed by atoms with Crippen LogP contribution < -0.4 is 11.1 Å². The zero-order valence-electron chi connectivity index (χ0n) is 8.02. The zero-order chi connectivity index (χ0) is 10.1. The van der Waals surface area contributed by atoms with Gasteiger partial charge in [-0.1, -0.05) is 12.2 Å². The van der Waals surface area contributed by atoms with Crippen LogP contribution in [0, 0.1) is 5.92 Å². The highest BCUT2D eigenvalue weighted by molar-refractivity contribution is 5.81. The number of carbonyl (C=O) groups is 1. The van der Waals surface area contributed by atoms with Crippen molar-refractivity contribution in [1.82, 2.24) is 5.32 Å². The average molecular weight is 196 g/mol. The van der Waals surface area contributed by atoms with Crippen LogP contribution in [0.5, 0.6) is 0 Å². The minimum absolute atomic E-state index is 0.0257. The van der Waals surface area contributed by atoms with E-state index in [9.17, 15) is 4.79 Å². The van der Waals surface area contributed by atoms with Crippen LogP contribution in [0.15, 0.2) is 12.2 Å². The smallest absolute Gasteiger partial charge is 0.227 e. The number of hydrogen-bond acceptors (Lipinski definition) is 3. The van der Waals surface area contributed by atoms with E-state index >= 15 is 0 Å². The van der Waals surface area contributed by atoms with E-state index in [-0.39, 0.29) is 30.0 Å². The number of amides is 1. The van der Waals surface area contributed by atoms with Gasteiger partial charge in [0.2, 0.25) is 5.91 Å². The number of aliphatic hydroxyl groups excluding tert-OH is 1. The summed E-state index contributed by atoms with van der Waals surface area (Å²) in [6.07, 6.45) is 5.61. The van der Waals surface area contributed by atoms with Crippen molar-refractivity contribution in [2.24, 2.45) is 11.7 Å². The van der Waals surface area contributed by atoms with Crippen LogP contribution in [-0.4, -0.2) is 29.2 Å². The Bertz CT molecular complexity index is 259. The molecule has 2 rings (SSSR count). The highest BCUT2D eigenvalue weighted by Crippen LogP contribution is 2.22. The number of hydrogen-bond donors (Lipinski definition) is 3. The summed E-state index contributed by atoms with van der Waals surface area (Å²) in [7, 11) is 0. The van der Waals surface area contributed by atoms with Gasteiger partial charge in [0.1, 0.15) is 0 Å². The minimum Gasteiger partial charge on any atom is -0.393 e. The molecular formula is C10H16N2O2. The predicted molar refractivity (Wildman–Crippen MR) is 52.4 cm³/mol. The molecule has 4 heteroatoms. The van der Waals surface area contributed by atoms with E-state index in [4.69, 9.17) is 10.8 Å². The number of carbonyl (C=O) groups excluding carboxylic acids is 1. The lowest BCUT2D eigenvalue weighted by Crippen LogP contribution is -2.48. The van der Waals surface area contributed by atoms with Crippen LogP contribution in [0.3, 0.4) is 0 Å². The molecule has 2 unspecified atom stereocenters. The summed E-state index contributed by atoms with van der Waals surface area (Å²) in [5.74, 6) is -0.0196. The molecule has 2 aliphatic carbocycles. The van der Waals surface area contributed by atoms with Crippen LogP contribution in [0.1, 0.15) is 19.3 Å². The molecule has 1 saturated carbocycles. The van der Waals surface area contributed by atoms with Gasteiger partial charge < -0.3 is 16.2 Å². The summed E-state index contributed by atoms with van der Waals surface area (Å²) in [6.45, 7) is 0. The second-order valence-electron chi connectivity index (χ2n) is 4.22. The van der Waals surface area contributed by atoms with E-state index < -0.39 is 0 Å². The summed E-state index contributed by atoms with van der Waals surface area (Å²) >= 11 is 0. The first-order valence-electron chi connectivity index (χ1n) is 5.07. The summed E-state index contributed by atoms with van der Waals surface area (Å²) in [4.78, 5) is 11.6. The molecule has 14 heavy (non-hydrogen) atoms. The fraction of sp³-hybridized carbons (Fsp3) is 0.700. The number of aliphatic hydroxyl groups is 1. The third kappa shape index (κ3) is 1.96. The summed E-state index contributed by atoms with van der Waals surface area (Å²) in [5, 5.41) is 12.0. The Morgan fingerprint density at radius 2 is 2.07 bits per heavy atom. The van der Waals surface area contributed by atoms with Gasteiger partial charge in [-0.25, -0.2) is 0 Å². The van der Waals surface area contributed by atoms with Gasteiger partial charge in [-0.2, -0.15) is 0 Å². The van der Waals surface area contributed by atoms with Gasteiger partial charge in [0.25, 0.3) is 0 Å². The quantitative estimate of drug-likeness (QED) is 0.523. The Morgan fingerprint density at radius 3 is 2.57 bits per heavy atom. The van der Waals surface area contributed by atoms with Crippen LogP contribution in [0.25, 0.3) is 0 Å². The molecule has 0 aromatic carbocycles. The lowest BCUT2D eigenvalue weighted by Gasteiger charge is -2.32. The molecular weight excluding hydrogens is 180 g/mol. The molecule has 0 saturated heterocycles. The molecule has 0 bridgehead atoms. The van der Waals surface area contributed by atoms with Crippen LogP contribution >= 0.6 is 0 Å². The van der Waals surface area contributed by atoms with Crippen molar-refractivity contribution in [2.45, 2.75) is 37.5 Å². The molecule has 4 N–H and O–H groups in total. The molecule has 0 radical (unpaired) electrons. The zero-order valence-corrected chi connectivity index (χ0v) is 8.02. The summed E-state index contributed by atoms with van der Waals surface area (Å²) < 4.78 is 0. The molecule has 2 aliphatic rings. The van der Waals surface area contributed by atoms with Crippen LogP contribution in [-0.2, 0) is 4.79 Å². The third-order valence-electron chi connectivity index (χ3n) is 2.91. The van der Waals surface area contributed by atoms with Gasteiger partial charge in [0.15, 0.2) is 0 Å². The highest BCUT2D eigenvalue weighted by atomic mass is 16.3. The van der Waals surface area contributed by atoms with Crippen molar-refractivity contribution >= 4 is 5.91 Å². The van der Waals surface area contributed by atoms with Gasteiger partial charge >= 0.3 is 0 Å². The molecule has 0 aromatic rings. The summed E-state index contributed by atoms with van der Waals surface area (Å²) in [5.41, 5.74) is 5.66. The molecule has 4 nitrogen and oxygen atoms in total. The van der Waals surface area contributed by atoms with E-state index in [1.54, 1.807) is 0 Å². The maximum Gasteiger partial charge on any atom is 0.227 e. The fourth-order valence-electron chi connectivity index (χ4n) is 1.94. The molecule has 78 valence electrons. The normalized spacial score (nSPS) is 40.7. The monoisotopic (exact) mass is 196 g/mol. The van der Waals surface area contributed by atoms with Crippen LogP contribution in [0.2, 0.25) is 0 Å². The molecule has 1 amide bonds. The molecule has 1 fully saturated rings. The molecule has 0 spiro atoms. The first-order valence-corrected chi connectivity index (χ1v) is 5.07. The summed E-state index contributed by atoms with van der Waals surface area (Å²) in [6, 6.07) is 0.195. The first kappa shape index (κ1) is 9.68. The standard InChI is InChI=1S/C10H16N2O2/c11-7-2-1-6(3-7)10(14)12-8-4-9(13)5-8/h1-2,6-9,13H,3-5,11H2,(H,12,14). The Morgan fingerprint density at radius 1 is 1.36 bits per heavy atom. The van der Waals surface area contributed by atoms with Crippen molar-refractivity contribution in [3.63, 3.8) is 0 Å². The van der Waals surface area contributed by atoms with E-state index in [1.165, 1.54) is 0 Å². The topological polar surface area (TPSA) is 75.4 Å². The maximum atomic E-state index is 11.6. The second-order valence-corrected chi connectivity index (χ2v) is 4.22. The van der Waals surface area contributed by atoms with Crippen molar-refractivity contribution in [3.05, 3.63) is 12.2 Å². The first-order chi connectivity index (χ1) is 6.65. The van der Waals surface area contributed by atoms with E-state index in [0.717, 1.165) is 0 Å². The second kappa shape index (κ2) is 3.71. The van der Waals surface area contributed by atoms with Gasteiger partial charge in [0.05, 0.1) is 12.0 Å². The van der Waals surface area contributed by atoms with Crippen LogP contribution in [0.4, 0.5) is 0 Å². The number of nitrogens with two attached hydrogens (primary N) is 1. The lowest BCUT2D eigenvalue weighted by molar-refractivity contribution is -0.125. The van der Waals surface area contributed by atoms with Gasteiger partial charge in [-0.3, -0.25) is 4.79 Å². The molecule has 0 heterocycles. The van der Waals surface area contributed by atoms with E-state index in [1.807, 2.05) is 12.2 Å². The average Bonchev–Trinajstić information content (AvgIpc) is 2.49. The lowest BCUT2D eigenvalue weighted by atomic mass is 9.89. The SMILES string of the molecule is NC1C=CC(C(=O)NC2CC(O)C2)C1. The third-order valence-corrected chi connectivity index (χ3v) is 2.91. The van der Waals surface area contributed by atoms with Gasteiger partial charge in [-0.05, 0) is 19.3 Å². The van der Waals surface area contributed by atoms with E-state index in [2.05, 4.69) is 5.32 Å². The molecule has 0 aliphatic heterocycles. The van der Waals surface area contributed by atoms with E-state index in [0.29, 0.717) is 19.3 Å². The maximum absolute atomic E-state index is 11.6. The minimum atomic E-state index is -0.221. The van der Waals surface area contributed by atoms with Crippen molar-refractivity contribution < 1.29 is 9.90 Å². The fourth-order valence-corrected chi connectivity index (χ4v) is 1.94. The Balaban J connectivity index is 1.76. The number of nitrogens with one attached hydrogen (secondary N) is 1. The van der Waals surface area contributed by atoms with Crippen molar-refractivity contribution in [1.29, 1.82) is 0 Å². The van der Waals surface area contributed by atoms with Crippen molar-refractivity contribution in [2.75, 3.05) is 0 Å². The predicted octanol–water partition coefficient (Wildman–Crippen LogP) is -0.471. The number of rotatable bonds is 2. The Kier molecular flexibility index (Phi) is 2.56.